The first-order chi connectivity index (χ1) is 9.47. The van der Waals surface area contributed by atoms with Crippen LogP contribution in [0.25, 0.3) is 0 Å². The zero-order valence-corrected chi connectivity index (χ0v) is 11.0. The predicted octanol–water partition coefficient (Wildman–Crippen LogP) is 0.627. The van der Waals surface area contributed by atoms with Gasteiger partial charge in [0, 0.05) is 5.69 Å². The van der Waals surface area contributed by atoms with Crippen molar-refractivity contribution in [1.82, 2.24) is 20.2 Å². The predicted molar refractivity (Wildman–Crippen MR) is 69.3 cm³/mol. The number of tetrazole rings is 1. The van der Waals surface area contributed by atoms with Crippen molar-refractivity contribution in [1.29, 1.82) is 0 Å². The van der Waals surface area contributed by atoms with E-state index in [1.54, 1.807) is 19.9 Å². The molecule has 20 heavy (non-hydrogen) atoms. The van der Waals surface area contributed by atoms with Crippen molar-refractivity contribution in [3.8, 4) is 0 Å². The van der Waals surface area contributed by atoms with Gasteiger partial charge in [-0.15, -0.1) is 5.10 Å². The van der Waals surface area contributed by atoms with Gasteiger partial charge in [-0.2, -0.15) is 0 Å². The molecule has 1 heterocycles. The van der Waals surface area contributed by atoms with Gasteiger partial charge < -0.3 is 10.4 Å². The molecule has 0 aliphatic heterocycles. The molecule has 0 atom stereocenters. The molecule has 2 aromatic rings. The first-order valence-electron chi connectivity index (χ1n) is 5.82. The van der Waals surface area contributed by atoms with Crippen LogP contribution in [0.4, 0.5) is 5.69 Å². The molecule has 0 bridgehead atoms. The quantitative estimate of drug-likeness (QED) is 0.846. The molecule has 0 aliphatic rings. The lowest BCUT2D eigenvalue weighted by Crippen LogP contribution is -2.20. The van der Waals surface area contributed by atoms with Gasteiger partial charge in [0.2, 0.25) is 5.91 Å². The van der Waals surface area contributed by atoms with Crippen molar-refractivity contribution >= 4 is 17.6 Å². The average molecular weight is 275 g/mol. The van der Waals surface area contributed by atoms with E-state index in [0.717, 1.165) is 5.56 Å². The number of carboxylic acid groups (broad SMARTS) is 1. The van der Waals surface area contributed by atoms with Gasteiger partial charge in [0.1, 0.15) is 12.9 Å². The highest BCUT2D eigenvalue weighted by Crippen LogP contribution is 2.20. The van der Waals surface area contributed by atoms with Crippen LogP contribution in [0.1, 0.15) is 21.5 Å². The van der Waals surface area contributed by atoms with E-state index in [2.05, 4.69) is 20.8 Å². The summed E-state index contributed by atoms with van der Waals surface area (Å²) in [6, 6.07) is 3.17. The Morgan fingerprint density at radius 3 is 2.65 bits per heavy atom. The minimum absolute atomic E-state index is 0.0390. The summed E-state index contributed by atoms with van der Waals surface area (Å²) >= 11 is 0. The summed E-state index contributed by atoms with van der Waals surface area (Å²) in [6.07, 6.45) is 1.32. The maximum atomic E-state index is 11.8. The number of aromatic nitrogens is 4. The molecule has 2 N–H and O–H groups in total. The Balaban J connectivity index is 2.18. The van der Waals surface area contributed by atoms with E-state index in [9.17, 15) is 9.59 Å². The minimum Gasteiger partial charge on any atom is -0.478 e. The fourth-order valence-electron chi connectivity index (χ4n) is 1.81. The molecule has 0 radical (unpaired) electrons. The second kappa shape index (κ2) is 5.47. The molecule has 0 saturated carbocycles. The highest BCUT2D eigenvalue weighted by molar-refractivity contribution is 5.95. The lowest BCUT2D eigenvalue weighted by atomic mass is 10.0. The van der Waals surface area contributed by atoms with Gasteiger partial charge in [-0.3, -0.25) is 4.79 Å². The molecular weight excluding hydrogens is 262 g/mol. The number of anilines is 1. The Bertz CT molecular complexity index is 651. The van der Waals surface area contributed by atoms with Crippen LogP contribution in [0.5, 0.6) is 0 Å². The lowest BCUT2D eigenvalue weighted by Gasteiger charge is -2.11. The van der Waals surface area contributed by atoms with Gasteiger partial charge in [0.05, 0.1) is 5.56 Å². The number of carbonyl (C=O) groups excluding carboxylic acids is 1. The van der Waals surface area contributed by atoms with Crippen molar-refractivity contribution in [3.63, 3.8) is 0 Å². The Hall–Kier alpha value is -2.77. The molecule has 2 rings (SSSR count). The normalized spacial score (nSPS) is 10.3. The fourth-order valence-corrected chi connectivity index (χ4v) is 1.81. The van der Waals surface area contributed by atoms with Crippen LogP contribution in [0.15, 0.2) is 18.5 Å². The van der Waals surface area contributed by atoms with E-state index in [1.807, 2.05) is 0 Å². The second-order valence-corrected chi connectivity index (χ2v) is 4.34. The number of carbonyl (C=O) groups is 2. The van der Waals surface area contributed by atoms with Gasteiger partial charge in [-0.25, -0.2) is 9.48 Å². The highest BCUT2D eigenvalue weighted by Gasteiger charge is 2.12. The number of amides is 1. The molecule has 8 heteroatoms. The van der Waals surface area contributed by atoms with Crippen LogP contribution in [0.2, 0.25) is 0 Å². The Kier molecular flexibility index (Phi) is 3.74. The summed E-state index contributed by atoms with van der Waals surface area (Å²) in [5.41, 5.74) is 2.06. The van der Waals surface area contributed by atoms with Crippen LogP contribution < -0.4 is 5.32 Å². The first-order valence-corrected chi connectivity index (χ1v) is 5.82. The van der Waals surface area contributed by atoms with Crippen LogP contribution in [0.3, 0.4) is 0 Å². The number of nitrogens with zero attached hydrogens (tertiary/aromatic N) is 4. The van der Waals surface area contributed by atoms with Gasteiger partial charge >= 0.3 is 5.97 Å². The van der Waals surface area contributed by atoms with E-state index < -0.39 is 5.97 Å². The van der Waals surface area contributed by atoms with Gasteiger partial charge in [0.25, 0.3) is 0 Å². The number of carboxylic acids is 1. The third-order valence-corrected chi connectivity index (χ3v) is 2.77. The zero-order chi connectivity index (χ0) is 14.7. The van der Waals surface area contributed by atoms with E-state index in [1.165, 1.54) is 17.1 Å². The number of aryl methyl sites for hydroxylation is 2. The van der Waals surface area contributed by atoms with Gasteiger partial charge in [-0.05, 0) is 41.5 Å². The molecule has 0 spiro atoms. The number of aromatic carboxylic acids is 1. The van der Waals surface area contributed by atoms with Crippen LogP contribution in [-0.2, 0) is 11.3 Å². The van der Waals surface area contributed by atoms with E-state index in [0.29, 0.717) is 11.3 Å². The van der Waals surface area contributed by atoms with Crippen molar-refractivity contribution < 1.29 is 14.7 Å². The minimum atomic E-state index is -1.03. The van der Waals surface area contributed by atoms with Gasteiger partial charge in [0.15, 0.2) is 0 Å². The number of hydrogen-bond acceptors (Lipinski definition) is 5. The molecule has 104 valence electrons. The van der Waals surface area contributed by atoms with E-state index in [4.69, 9.17) is 5.11 Å². The van der Waals surface area contributed by atoms with Gasteiger partial charge in [-0.1, -0.05) is 6.07 Å². The Morgan fingerprint density at radius 2 is 2.05 bits per heavy atom. The zero-order valence-electron chi connectivity index (χ0n) is 11.0. The SMILES string of the molecule is Cc1cc(C)c(C(=O)O)cc1NC(=O)Cn1cnnn1. The molecule has 1 aromatic heterocycles. The molecule has 8 nitrogen and oxygen atoms in total. The molecular formula is C12H13N5O3. The van der Waals surface area contributed by atoms with Crippen LogP contribution >= 0.6 is 0 Å². The smallest absolute Gasteiger partial charge is 0.336 e. The maximum Gasteiger partial charge on any atom is 0.336 e. The highest BCUT2D eigenvalue weighted by atomic mass is 16.4. The third-order valence-electron chi connectivity index (χ3n) is 2.77. The fraction of sp³-hybridized carbons (Fsp3) is 0.250. The number of nitrogens with one attached hydrogen (secondary N) is 1. The standard InChI is InChI=1S/C12H13N5O3/c1-7-3-8(2)10(4-9(7)12(19)20)14-11(18)5-17-6-13-15-16-17/h3-4,6H,5H2,1-2H3,(H,14,18)(H,19,20). The second-order valence-electron chi connectivity index (χ2n) is 4.34. The molecule has 0 saturated heterocycles. The number of benzene rings is 1. The van der Waals surface area contributed by atoms with Crippen molar-refractivity contribution in [2.45, 2.75) is 20.4 Å². The number of hydrogen-bond donors (Lipinski definition) is 2. The monoisotopic (exact) mass is 275 g/mol. The molecule has 0 aliphatic carbocycles. The lowest BCUT2D eigenvalue weighted by molar-refractivity contribution is -0.116. The largest absolute Gasteiger partial charge is 0.478 e. The van der Waals surface area contributed by atoms with E-state index >= 15 is 0 Å². The van der Waals surface area contributed by atoms with Crippen molar-refractivity contribution in [2.75, 3.05) is 5.32 Å². The summed E-state index contributed by atoms with van der Waals surface area (Å²) in [6.45, 7) is 3.47. The molecule has 0 fully saturated rings. The summed E-state index contributed by atoms with van der Waals surface area (Å²) in [4.78, 5) is 22.9. The maximum absolute atomic E-state index is 11.8. The summed E-state index contributed by atoms with van der Waals surface area (Å²) in [5, 5.41) is 22.2. The topological polar surface area (TPSA) is 110 Å². The molecule has 1 amide bonds. The summed E-state index contributed by atoms with van der Waals surface area (Å²) in [5.74, 6) is -1.36. The van der Waals surface area contributed by atoms with E-state index in [-0.39, 0.29) is 18.0 Å². The van der Waals surface area contributed by atoms with Crippen LogP contribution in [0, 0.1) is 13.8 Å². The van der Waals surface area contributed by atoms with Crippen molar-refractivity contribution in [3.05, 3.63) is 35.2 Å². The molecule has 0 unspecified atom stereocenters. The summed E-state index contributed by atoms with van der Waals surface area (Å²) < 4.78 is 1.27. The Morgan fingerprint density at radius 1 is 1.30 bits per heavy atom. The average Bonchev–Trinajstić information content (AvgIpc) is 2.84. The Labute approximate surface area is 114 Å². The summed E-state index contributed by atoms with van der Waals surface area (Å²) in [7, 11) is 0. The number of rotatable bonds is 4. The first kappa shape index (κ1) is 13.7. The third kappa shape index (κ3) is 2.97. The molecule has 1 aromatic carbocycles. The van der Waals surface area contributed by atoms with Crippen LogP contribution in [-0.4, -0.2) is 37.2 Å². The van der Waals surface area contributed by atoms with Crippen molar-refractivity contribution in [2.24, 2.45) is 0 Å².